The van der Waals surface area contributed by atoms with Crippen molar-refractivity contribution in [3.05, 3.63) is 53.6 Å². The number of aryl methyl sites for hydroxylation is 1. The van der Waals surface area contributed by atoms with Crippen molar-refractivity contribution in [2.75, 3.05) is 18.6 Å². The van der Waals surface area contributed by atoms with Crippen LogP contribution in [0.4, 0.5) is 0 Å². The van der Waals surface area contributed by atoms with Crippen molar-refractivity contribution in [1.82, 2.24) is 5.32 Å². The van der Waals surface area contributed by atoms with E-state index in [1.165, 1.54) is 32.1 Å². The number of amides is 1. The number of hydrogen-bond acceptors (Lipinski definition) is 4. The first-order valence-corrected chi connectivity index (χ1v) is 14.6. The maximum Gasteiger partial charge on any atom is 0.326 e. The summed E-state index contributed by atoms with van der Waals surface area (Å²) in [6.45, 7) is 2.72. The Labute approximate surface area is 218 Å². The predicted octanol–water partition coefficient (Wildman–Crippen LogP) is 6.19. The zero-order valence-electron chi connectivity index (χ0n) is 21.3. The number of hydrogen-bond donors (Lipinski definition) is 2. The lowest BCUT2D eigenvalue weighted by atomic mass is 9.68. The molecule has 36 heavy (non-hydrogen) atoms. The van der Waals surface area contributed by atoms with Crippen LogP contribution in [0.15, 0.2) is 42.5 Å². The van der Waals surface area contributed by atoms with Gasteiger partial charge in [0.2, 0.25) is 0 Å². The van der Waals surface area contributed by atoms with Gasteiger partial charge in [-0.05, 0) is 122 Å². The molecular weight excluding hydrogens is 470 g/mol. The minimum atomic E-state index is -1.01. The number of carbonyl (C=O) groups is 2. The number of benzene rings is 2. The second-order valence-electron chi connectivity index (χ2n) is 11.2. The molecular formula is C30H37NO4S. The molecule has 0 heterocycles. The third-order valence-corrected chi connectivity index (χ3v) is 9.48. The monoisotopic (exact) mass is 507 g/mol. The van der Waals surface area contributed by atoms with Gasteiger partial charge in [0.05, 0.1) is 6.61 Å². The largest absolute Gasteiger partial charge is 0.494 e. The maximum atomic E-state index is 13.3. The number of aliphatic carboxylic acids is 1. The van der Waals surface area contributed by atoms with Crippen LogP contribution in [-0.2, 0) is 4.79 Å². The molecule has 0 spiro atoms. The first-order chi connectivity index (χ1) is 17.4. The Balaban J connectivity index is 1.33. The summed E-state index contributed by atoms with van der Waals surface area (Å²) in [5.74, 6) is 2.90. The molecule has 0 saturated heterocycles. The van der Waals surface area contributed by atoms with Crippen LogP contribution in [0.1, 0.15) is 60.9 Å². The molecule has 192 valence electrons. The SMILES string of the molecule is CSCC[C@H](NC(=O)c1ccc(OCCC23CC4CC(C2)C(C4)C3)cc1-c1ccccc1C)C(=O)O. The van der Waals surface area contributed by atoms with Gasteiger partial charge in [0.15, 0.2) is 0 Å². The van der Waals surface area contributed by atoms with Crippen LogP contribution in [0.25, 0.3) is 11.1 Å². The lowest BCUT2D eigenvalue weighted by Gasteiger charge is -2.38. The van der Waals surface area contributed by atoms with Crippen molar-refractivity contribution < 1.29 is 19.4 Å². The van der Waals surface area contributed by atoms with Crippen molar-refractivity contribution in [3.8, 4) is 16.9 Å². The third-order valence-electron chi connectivity index (χ3n) is 8.84. The number of ether oxygens (including phenoxy) is 1. The molecule has 2 unspecified atom stereocenters. The average Bonchev–Trinajstić information content (AvgIpc) is 3.27. The fraction of sp³-hybridized carbons (Fsp3) is 0.533. The first-order valence-electron chi connectivity index (χ1n) is 13.2. The third kappa shape index (κ3) is 5.15. The van der Waals surface area contributed by atoms with Crippen LogP contribution in [0.5, 0.6) is 5.75 Å². The summed E-state index contributed by atoms with van der Waals surface area (Å²) in [7, 11) is 0. The summed E-state index contributed by atoms with van der Waals surface area (Å²) in [5, 5.41) is 12.3. The van der Waals surface area contributed by atoms with E-state index in [-0.39, 0.29) is 5.91 Å². The van der Waals surface area contributed by atoms with Gasteiger partial charge < -0.3 is 15.2 Å². The maximum absolute atomic E-state index is 13.3. The van der Waals surface area contributed by atoms with Crippen molar-refractivity contribution >= 4 is 23.6 Å². The highest BCUT2D eigenvalue weighted by molar-refractivity contribution is 7.98. The summed E-state index contributed by atoms with van der Waals surface area (Å²) in [6, 6.07) is 12.6. The van der Waals surface area contributed by atoms with Gasteiger partial charge in [0.1, 0.15) is 11.8 Å². The van der Waals surface area contributed by atoms with Crippen LogP contribution in [0, 0.1) is 30.1 Å². The van der Waals surface area contributed by atoms with E-state index in [9.17, 15) is 14.7 Å². The number of thioether (sulfide) groups is 1. The fourth-order valence-corrected chi connectivity index (χ4v) is 7.78. The average molecular weight is 508 g/mol. The van der Waals surface area contributed by atoms with Crippen LogP contribution >= 0.6 is 11.8 Å². The molecule has 4 fully saturated rings. The Bertz CT molecular complexity index is 1110. The van der Waals surface area contributed by atoms with E-state index in [0.717, 1.165) is 46.6 Å². The topological polar surface area (TPSA) is 75.6 Å². The predicted molar refractivity (Wildman–Crippen MR) is 145 cm³/mol. The molecule has 0 aromatic heterocycles. The summed E-state index contributed by atoms with van der Waals surface area (Å²) in [6.07, 6.45) is 10.5. The summed E-state index contributed by atoms with van der Waals surface area (Å²) < 4.78 is 6.28. The number of carboxylic acid groups (broad SMARTS) is 1. The van der Waals surface area contributed by atoms with E-state index in [1.54, 1.807) is 17.8 Å². The van der Waals surface area contributed by atoms with Gasteiger partial charge in [0, 0.05) is 5.56 Å². The molecule has 0 aliphatic heterocycles. The Morgan fingerprint density at radius 2 is 1.86 bits per heavy atom. The van der Waals surface area contributed by atoms with Gasteiger partial charge in [-0.3, -0.25) is 4.79 Å². The number of nitrogens with one attached hydrogen (secondary N) is 1. The first kappa shape index (κ1) is 25.2. The second kappa shape index (κ2) is 10.5. The molecule has 0 radical (unpaired) electrons. The highest BCUT2D eigenvalue weighted by atomic mass is 32.2. The molecule has 2 aromatic carbocycles. The Morgan fingerprint density at radius 1 is 1.11 bits per heavy atom. The van der Waals surface area contributed by atoms with Crippen molar-refractivity contribution in [2.24, 2.45) is 23.2 Å². The molecule has 6 heteroatoms. The van der Waals surface area contributed by atoms with Gasteiger partial charge >= 0.3 is 5.97 Å². The van der Waals surface area contributed by atoms with Crippen molar-refractivity contribution in [1.29, 1.82) is 0 Å². The standard InChI is InChI=1S/C30H37NO4S/c1-19-5-3-4-6-24(19)26-15-23(7-8-25(26)28(32)31-27(29(33)34)9-12-36-2)35-11-10-30-16-20-13-21(17-30)22(14-20)18-30/h3-8,15,20-22,27H,9-14,16-18H2,1-2H3,(H,31,32)(H,33,34)/t20?,21?,22?,27-,30?/m0/s1. The van der Waals surface area contributed by atoms with Crippen molar-refractivity contribution in [2.45, 2.75) is 57.9 Å². The van der Waals surface area contributed by atoms with E-state index < -0.39 is 12.0 Å². The van der Waals surface area contributed by atoms with E-state index in [2.05, 4.69) is 5.32 Å². The van der Waals surface area contributed by atoms with Crippen LogP contribution < -0.4 is 10.1 Å². The van der Waals surface area contributed by atoms with E-state index in [1.807, 2.05) is 49.6 Å². The molecule has 4 aliphatic carbocycles. The molecule has 4 saturated carbocycles. The van der Waals surface area contributed by atoms with Gasteiger partial charge in [-0.2, -0.15) is 11.8 Å². The van der Waals surface area contributed by atoms with Crippen LogP contribution in [0.3, 0.4) is 0 Å². The molecule has 4 bridgehead atoms. The molecule has 3 atom stereocenters. The Kier molecular flexibility index (Phi) is 7.34. The molecule has 1 amide bonds. The Hall–Kier alpha value is -2.47. The number of rotatable bonds is 11. The van der Waals surface area contributed by atoms with E-state index >= 15 is 0 Å². The van der Waals surface area contributed by atoms with Gasteiger partial charge in [-0.25, -0.2) is 4.79 Å². The van der Waals surface area contributed by atoms with Gasteiger partial charge in [-0.15, -0.1) is 0 Å². The highest BCUT2D eigenvalue weighted by Gasteiger charge is 2.55. The fourth-order valence-electron chi connectivity index (χ4n) is 7.31. The minimum Gasteiger partial charge on any atom is -0.494 e. The zero-order chi connectivity index (χ0) is 25.3. The number of carboxylic acids is 1. The van der Waals surface area contributed by atoms with Gasteiger partial charge in [-0.1, -0.05) is 24.3 Å². The summed E-state index contributed by atoms with van der Waals surface area (Å²) in [4.78, 5) is 25.0. The minimum absolute atomic E-state index is 0.370. The zero-order valence-corrected chi connectivity index (χ0v) is 22.1. The highest BCUT2D eigenvalue weighted by Crippen LogP contribution is 2.65. The summed E-state index contributed by atoms with van der Waals surface area (Å²) >= 11 is 1.57. The lowest BCUT2D eigenvalue weighted by Crippen LogP contribution is -2.41. The summed E-state index contributed by atoms with van der Waals surface area (Å²) in [5.41, 5.74) is 3.73. The van der Waals surface area contributed by atoms with E-state index in [4.69, 9.17) is 4.74 Å². The molecule has 5 nitrogen and oxygen atoms in total. The second-order valence-corrected chi connectivity index (χ2v) is 12.2. The van der Waals surface area contributed by atoms with Crippen molar-refractivity contribution in [3.63, 3.8) is 0 Å². The van der Waals surface area contributed by atoms with Gasteiger partial charge in [0.25, 0.3) is 5.91 Å². The van der Waals surface area contributed by atoms with E-state index in [0.29, 0.717) is 29.8 Å². The number of carbonyl (C=O) groups excluding carboxylic acids is 1. The van der Waals surface area contributed by atoms with Crippen LogP contribution in [-0.4, -0.2) is 41.6 Å². The molecule has 4 aliphatic rings. The quantitative estimate of drug-likeness (QED) is 0.379. The normalized spacial score (nSPS) is 26.7. The molecule has 2 aromatic rings. The lowest BCUT2D eigenvalue weighted by molar-refractivity contribution is -0.139. The van der Waals surface area contributed by atoms with Crippen LogP contribution in [0.2, 0.25) is 0 Å². The Morgan fingerprint density at radius 3 is 2.53 bits per heavy atom. The molecule has 2 N–H and O–H groups in total. The smallest absolute Gasteiger partial charge is 0.326 e. The molecule has 6 rings (SSSR count).